The maximum atomic E-state index is 10.4. The van der Waals surface area contributed by atoms with Crippen LogP contribution in [-0.2, 0) is 11.8 Å². The van der Waals surface area contributed by atoms with Crippen LogP contribution < -0.4 is 0 Å². The number of rotatable bonds is 0. The van der Waals surface area contributed by atoms with E-state index in [4.69, 9.17) is 0 Å². The van der Waals surface area contributed by atoms with Crippen LogP contribution in [0.5, 0.6) is 0 Å². The molecule has 1 spiro atoms. The van der Waals surface area contributed by atoms with Gasteiger partial charge in [0.05, 0.1) is 6.10 Å². The Balaban J connectivity index is 2.17. The van der Waals surface area contributed by atoms with Crippen LogP contribution in [0.25, 0.3) is 0 Å². The van der Waals surface area contributed by atoms with Crippen molar-refractivity contribution in [2.45, 2.75) is 50.0 Å². The SMILES string of the molecule is OC1CCc2c(Br)cccc2C12CCCC2. The second-order valence-corrected chi connectivity index (χ2v) is 6.04. The molecule has 0 bridgehead atoms. The number of aliphatic hydroxyl groups is 1. The molecule has 0 saturated heterocycles. The Morgan fingerprint density at radius 1 is 1.25 bits per heavy atom. The third-order valence-electron chi connectivity index (χ3n) is 4.46. The quantitative estimate of drug-likeness (QED) is 0.770. The van der Waals surface area contributed by atoms with Gasteiger partial charge in [-0.1, -0.05) is 40.9 Å². The molecule has 1 aromatic rings. The van der Waals surface area contributed by atoms with Crippen molar-refractivity contribution in [3.8, 4) is 0 Å². The van der Waals surface area contributed by atoms with Crippen LogP contribution >= 0.6 is 15.9 Å². The Morgan fingerprint density at radius 2 is 2.00 bits per heavy atom. The Kier molecular flexibility index (Phi) is 2.60. The molecular weight excluding hydrogens is 264 g/mol. The fourth-order valence-corrected chi connectivity index (χ4v) is 4.19. The predicted octanol–water partition coefficient (Wildman–Crippen LogP) is 3.57. The summed E-state index contributed by atoms with van der Waals surface area (Å²) < 4.78 is 1.23. The lowest BCUT2D eigenvalue weighted by Crippen LogP contribution is -2.41. The van der Waals surface area contributed by atoms with Crippen molar-refractivity contribution in [2.75, 3.05) is 0 Å². The van der Waals surface area contributed by atoms with Gasteiger partial charge in [-0.3, -0.25) is 0 Å². The van der Waals surface area contributed by atoms with Crippen molar-refractivity contribution >= 4 is 15.9 Å². The molecule has 3 rings (SSSR count). The van der Waals surface area contributed by atoms with Gasteiger partial charge in [-0.25, -0.2) is 0 Å². The highest BCUT2D eigenvalue weighted by atomic mass is 79.9. The molecule has 2 heteroatoms. The lowest BCUT2D eigenvalue weighted by atomic mass is 9.67. The van der Waals surface area contributed by atoms with Gasteiger partial charge in [0.15, 0.2) is 0 Å². The van der Waals surface area contributed by atoms with Gasteiger partial charge < -0.3 is 5.11 Å². The number of halogens is 1. The van der Waals surface area contributed by atoms with Crippen LogP contribution in [0.3, 0.4) is 0 Å². The first-order valence-corrected chi connectivity index (χ1v) is 6.99. The van der Waals surface area contributed by atoms with Crippen molar-refractivity contribution in [3.05, 3.63) is 33.8 Å². The first kappa shape index (κ1) is 10.8. The van der Waals surface area contributed by atoms with E-state index in [0.29, 0.717) is 0 Å². The van der Waals surface area contributed by atoms with Crippen molar-refractivity contribution in [2.24, 2.45) is 0 Å². The number of aliphatic hydroxyl groups excluding tert-OH is 1. The van der Waals surface area contributed by atoms with Gasteiger partial charge in [0.25, 0.3) is 0 Å². The molecule has 1 saturated carbocycles. The topological polar surface area (TPSA) is 20.2 Å². The molecule has 0 amide bonds. The summed E-state index contributed by atoms with van der Waals surface area (Å²) in [5, 5.41) is 10.4. The largest absolute Gasteiger partial charge is 0.392 e. The lowest BCUT2D eigenvalue weighted by molar-refractivity contribution is 0.0660. The third-order valence-corrected chi connectivity index (χ3v) is 5.20. The minimum atomic E-state index is -0.128. The van der Waals surface area contributed by atoms with Crippen LogP contribution in [0.1, 0.15) is 43.2 Å². The zero-order valence-corrected chi connectivity index (χ0v) is 11.0. The monoisotopic (exact) mass is 280 g/mol. The van der Waals surface area contributed by atoms with E-state index >= 15 is 0 Å². The number of hydrogen-bond acceptors (Lipinski definition) is 1. The molecule has 86 valence electrons. The summed E-state index contributed by atoms with van der Waals surface area (Å²) in [5.41, 5.74) is 2.94. The minimum Gasteiger partial charge on any atom is -0.392 e. The summed E-state index contributed by atoms with van der Waals surface area (Å²) in [7, 11) is 0. The Labute approximate surface area is 105 Å². The second kappa shape index (κ2) is 3.85. The Hall–Kier alpha value is -0.340. The molecule has 1 fully saturated rings. The molecule has 1 nitrogen and oxygen atoms in total. The highest BCUT2D eigenvalue weighted by molar-refractivity contribution is 9.10. The molecular formula is C14H17BrO. The first-order chi connectivity index (χ1) is 7.74. The van der Waals surface area contributed by atoms with E-state index in [1.165, 1.54) is 28.4 Å². The normalized spacial score (nSPS) is 27.0. The predicted molar refractivity (Wildman–Crippen MR) is 68.6 cm³/mol. The number of benzene rings is 1. The molecule has 0 radical (unpaired) electrons. The van der Waals surface area contributed by atoms with E-state index in [-0.39, 0.29) is 11.5 Å². The maximum Gasteiger partial charge on any atom is 0.0640 e. The van der Waals surface area contributed by atoms with Gasteiger partial charge in [-0.05, 0) is 42.9 Å². The Morgan fingerprint density at radius 3 is 2.75 bits per heavy atom. The average Bonchev–Trinajstić information content (AvgIpc) is 2.75. The zero-order chi connectivity index (χ0) is 11.2. The molecule has 1 N–H and O–H groups in total. The Bertz CT molecular complexity index is 407. The highest BCUT2D eigenvalue weighted by Gasteiger charge is 2.45. The highest BCUT2D eigenvalue weighted by Crippen LogP contribution is 2.49. The smallest absolute Gasteiger partial charge is 0.0640 e. The molecule has 0 aliphatic heterocycles. The van der Waals surface area contributed by atoms with Crippen LogP contribution in [0.2, 0.25) is 0 Å². The van der Waals surface area contributed by atoms with Gasteiger partial charge in [-0.15, -0.1) is 0 Å². The summed E-state index contributed by atoms with van der Waals surface area (Å²) in [6, 6.07) is 6.47. The zero-order valence-electron chi connectivity index (χ0n) is 9.38. The van der Waals surface area contributed by atoms with E-state index in [0.717, 1.165) is 25.7 Å². The number of fused-ring (bicyclic) bond motifs is 2. The van der Waals surface area contributed by atoms with E-state index in [9.17, 15) is 5.11 Å². The minimum absolute atomic E-state index is 0.0807. The van der Waals surface area contributed by atoms with E-state index in [1.54, 1.807) is 0 Å². The van der Waals surface area contributed by atoms with Gasteiger partial charge >= 0.3 is 0 Å². The standard InChI is InChI=1S/C14H17BrO/c15-12-5-3-4-11-10(12)6-7-13(16)14(11)8-1-2-9-14/h3-5,13,16H,1-2,6-9H2. The van der Waals surface area contributed by atoms with Crippen molar-refractivity contribution < 1.29 is 5.11 Å². The van der Waals surface area contributed by atoms with Crippen molar-refractivity contribution in [1.29, 1.82) is 0 Å². The fraction of sp³-hybridized carbons (Fsp3) is 0.571. The van der Waals surface area contributed by atoms with Gasteiger partial charge in [-0.2, -0.15) is 0 Å². The van der Waals surface area contributed by atoms with Crippen LogP contribution in [0, 0.1) is 0 Å². The summed E-state index contributed by atoms with van der Waals surface area (Å²) in [6.45, 7) is 0. The second-order valence-electron chi connectivity index (χ2n) is 5.18. The van der Waals surface area contributed by atoms with E-state index < -0.39 is 0 Å². The van der Waals surface area contributed by atoms with Gasteiger partial charge in [0.2, 0.25) is 0 Å². The molecule has 1 atom stereocenters. The lowest BCUT2D eigenvalue weighted by Gasteiger charge is -2.40. The number of hydrogen-bond donors (Lipinski definition) is 1. The summed E-state index contributed by atoms with van der Waals surface area (Å²) in [6.07, 6.45) is 6.67. The molecule has 2 aliphatic rings. The maximum absolute atomic E-state index is 10.4. The third kappa shape index (κ3) is 1.39. The summed E-state index contributed by atoms with van der Waals surface area (Å²) >= 11 is 3.65. The average molecular weight is 281 g/mol. The van der Waals surface area contributed by atoms with Gasteiger partial charge in [0, 0.05) is 9.89 Å². The van der Waals surface area contributed by atoms with E-state index in [2.05, 4.69) is 34.1 Å². The fourth-order valence-electron chi connectivity index (χ4n) is 3.62. The van der Waals surface area contributed by atoms with Crippen molar-refractivity contribution in [1.82, 2.24) is 0 Å². The van der Waals surface area contributed by atoms with Crippen LogP contribution in [-0.4, -0.2) is 11.2 Å². The van der Waals surface area contributed by atoms with Crippen molar-refractivity contribution in [3.63, 3.8) is 0 Å². The van der Waals surface area contributed by atoms with Crippen LogP contribution in [0.4, 0.5) is 0 Å². The molecule has 1 unspecified atom stereocenters. The molecule has 0 aromatic heterocycles. The molecule has 16 heavy (non-hydrogen) atoms. The molecule has 1 aromatic carbocycles. The molecule has 2 aliphatic carbocycles. The van der Waals surface area contributed by atoms with Crippen LogP contribution in [0.15, 0.2) is 22.7 Å². The summed E-state index contributed by atoms with van der Waals surface area (Å²) in [5.74, 6) is 0. The summed E-state index contributed by atoms with van der Waals surface area (Å²) in [4.78, 5) is 0. The van der Waals surface area contributed by atoms with Gasteiger partial charge in [0.1, 0.15) is 0 Å². The first-order valence-electron chi connectivity index (χ1n) is 6.20. The molecule has 0 heterocycles. The van der Waals surface area contributed by atoms with E-state index in [1.807, 2.05) is 0 Å².